The molecule has 1 aromatic rings. The van der Waals surface area contributed by atoms with Gasteiger partial charge in [0.15, 0.2) is 0 Å². The van der Waals surface area contributed by atoms with Crippen LogP contribution in [0.4, 0.5) is 0 Å². The summed E-state index contributed by atoms with van der Waals surface area (Å²) in [6.45, 7) is 11.8. The molecule has 3 heteroatoms. The van der Waals surface area contributed by atoms with Crippen molar-refractivity contribution in [1.29, 1.82) is 0 Å². The highest BCUT2D eigenvalue weighted by atomic mass is 16.5. The predicted octanol–water partition coefficient (Wildman–Crippen LogP) is 3.27. The molecule has 0 amide bonds. The van der Waals surface area contributed by atoms with E-state index in [1.807, 2.05) is 25.1 Å². The van der Waals surface area contributed by atoms with Crippen molar-refractivity contribution < 1.29 is 9.53 Å². The number of carbonyl (C=O) groups is 1. The summed E-state index contributed by atoms with van der Waals surface area (Å²) in [6.07, 6.45) is 0. The Hall–Kier alpha value is -1.35. The smallest absolute Gasteiger partial charge is 0.338 e. The summed E-state index contributed by atoms with van der Waals surface area (Å²) in [7, 11) is 0. The molecular formula is C16H25NO2. The van der Waals surface area contributed by atoms with Gasteiger partial charge in [-0.25, -0.2) is 4.79 Å². The molecule has 0 radical (unpaired) electrons. The van der Waals surface area contributed by atoms with E-state index in [1.165, 1.54) is 0 Å². The van der Waals surface area contributed by atoms with E-state index < -0.39 is 0 Å². The molecule has 1 aromatic carbocycles. The minimum atomic E-state index is -0.231. The summed E-state index contributed by atoms with van der Waals surface area (Å²) in [5.74, 6) is -0.231. The van der Waals surface area contributed by atoms with Gasteiger partial charge in [-0.2, -0.15) is 0 Å². The number of rotatable bonds is 6. The number of aryl methyl sites for hydroxylation is 1. The lowest BCUT2D eigenvalue weighted by molar-refractivity contribution is 0.0416. The largest absolute Gasteiger partial charge is 0.461 e. The second-order valence-electron chi connectivity index (χ2n) is 5.38. The van der Waals surface area contributed by atoms with Gasteiger partial charge in [0.2, 0.25) is 0 Å². The number of esters is 1. The second kappa shape index (κ2) is 7.29. The van der Waals surface area contributed by atoms with Crippen LogP contribution in [0.2, 0.25) is 0 Å². The monoisotopic (exact) mass is 263 g/mol. The molecule has 0 spiro atoms. The first-order valence-electron chi connectivity index (χ1n) is 6.92. The molecule has 0 aliphatic rings. The molecule has 0 aromatic heterocycles. The Bertz CT molecular complexity index is 405. The Kier molecular flexibility index (Phi) is 6.03. The van der Waals surface area contributed by atoms with E-state index >= 15 is 0 Å². The van der Waals surface area contributed by atoms with Crippen molar-refractivity contribution in [1.82, 2.24) is 4.90 Å². The average molecular weight is 263 g/mol. The summed E-state index contributed by atoms with van der Waals surface area (Å²) in [5.41, 5.74) is 1.61. The van der Waals surface area contributed by atoms with Gasteiger partial charge >= 0.3 is 5.97 Å². The maximum absolute atomic E-state index is 11.9. The van der Waals surface area contributed by atoms with Crippen LogP contribution in [-0.2, 0) is 4.74 Å². The van der Waals surface area contributed by atoms with Crippen LogP contribution in [0.15, 0.2) is 24.3 Å². The number of ether oxygens (including phenoxy) is 1. The van der Waals surface area contributed by atoms with Crippen molar-refractivity contribution in [3.05, 3.63) is 35.4 Å². The van der Waals surface area contributed by atoms with Crippen LogP contribution >= 0.6 is 0 Å². The summed E-state index contributed by atoms with van der Waals surface area (Å²) in [4.78, 5) is 14.3. The van der Waals surface area contributed by atoms with E-state index in [9.17, 15) is 4.79 Å². The number of benzene rings is 1. The minimum absolute atomic E-state index is 0.231. The third kappa shape index (κ3) is 4.67. The summed E-state index contributed by atoms with van der Waals surface area (Å²) < 4.78 is 5.36. The lowest BCUT2D eigenvalue weighted by Gasteiger charge is -2.30. The first-order chi connectivity index (χ1) is 8.93. The van der Waals surface area contributed by atoms with E-state index in [-0.39, 0.29) is 5.97 Å². The number of carbonyl (C=O) groups excluding carboxylic acids is 1. The normalized spacial score (nSPS) is 11.4. The minimum Gasteiger partial charge on any atom is -0.461 e. The zero-order valence-corrected chi connectivity index (χ0v) is 12.6. The first-order valence-corrected chi connectivity index (χ1v) is 6.92. The molecule has 0 heterocycles. The van der Waals surface area contributed by atoms with Crippen LogP contribution in [0, 0.1) is 6.92 Å². The van der Waals surface area contributed by atoms with E-state index in [1.54, 1.807) is 6.07 Å². The molecule has 3 nitrogen and oxygen atoms in total. The second-order valence-corrected chi connectivity index (χ2v) is 5.38. The number of hydrogen-bond acceptors (Lipinski definition) is 3. The Morgan fingerprint density at radius 1 is 1.16 bits per heavy atom. The Morgan fingerprint density at radius 2 is 1.74 bits per heavy atom. The van der Waals surface area contributed by atoms with Gasteiger partial charge in [0.25, 0.3) is 0 Å². The van der Waals surface area contributed by atoms with Crippen LogP contribution in [0.5, 0.6) is 0 Å². The van der Waals surface area contributed by atoms with E-state index in [0.717, 1.165) is 12.1 Å². The molecule has 0 saturated heterocycles. The van der Waals surface area contributed by atoms with Crippen LogP contribution in [-0.4, -0.2) is 36.1 Å². The summed E-state index contributed by atoms with van der Waals surface area (Å²) in [6, 6.07) is 8.42. The maximum atomic E-state index is 11.9. The van der Waals surface area contributed by atoms with Gasteiger partial charge in [-0.1, -0.05) is 18.2 Å². The lowest BCUT2D eigenvalue weighted by atomic mass is 10.1. The van der Waals surface area contributed by atoms with Crippen molar-refractivity contribution in [2.75, 3.05) is 13.2 Å². The van der Waals surface area contributed by atoms with Crippen molar-refractivity contribution in [3.8, 4) is 0 Å². The molecule has 0 aliphatic carbocycles. The molecule has 0 unspecified atom stereocenters. The zero-order chi connectivity index (χ0) is 14.4. The number of nitrogens with zero attached hydrogens (tertiary/aromatic N) is 1. The molecule has 0 aliphatic heterocycles. The Morgan fingerprint density at radius 3 is 2.26 bits per heavy atom. The topological polar surface area (TPSA) is 29.5 Å². The summed E-state index contributed by atoms with van der Waals surface area (Å²) in [5, 5.41) is 0. The lowest BCUT2D eigenvalue weighted by Crippen LogP contribution is -2.39. The highest BCUT2D eigenvalue weighted by molar-refractivity contribution is 5.90. The van der Waals surface area contributed by atoms with Crippen molar-refractivity contribution in [2.45, 2.75) is 46.7 Å². The summed E-state index contributed by atoms with van der Waals surface area (Å²) >= 11 is 0. The predicted molar refractivity (Wildman–Crippen MR) is 78.4 cm³/mol. The highest BCUT2D eigenvalue weighted by Gasteiger charge is 2.15. The van der Waals surface area contributed by atoms with Gasteiger partial charge in [0, 0.05) is 18.6 Å². The maximum Gasteiger partial charge on any atom is 0.338 e. The van der Waals surface area contributed by atoms with Crippen LogP contribution in [0.1, 0.15) is 43.6 Å². The zero-order valence-electron chi connectivity index (χ0n) is 12.6. The SMILES string of the molecule is Cc1ccccc1C(=O)OCCN(C(C)C)C(C)C. The quantitative estimate of drug-likeness (QED) is 0.738. The van der Waals surface area contributed by atoms with Crippen LogP contribution < -0.4 is 0 Å². The van der Waals surface area contributed by atoms with E-state index in [2.05, 4.69) is 32.6 Å². The molecule has 1 rings (SSSR count). The van der Waals surface area contributed by atoms with Crippen LogP contribution in [0.25, 0.3) is 0 Å². The molecule has 106 valence electrons. The van der Waals surface area contributed by atoms with Crippen molar-refractivity contribution in [2.24, 2.45) is 0 Å². The molecule has 0 saturated carbocycles. The van der Waals surface area contributed by atoms with E-state index in [0.29, 0.717) is 24.3 Å². The average Bonchev–Trinajstić information content (AvgIpc) is 2.33. The van der Waals surface area contributed by atoms with Crippen molar-refractivity contribution >= 4 is 5.97 Å². The molecule has 0 N–H and O–H groups in total. The van der Waals surface area contributed by atoms with Crippen LogP contribution in [0.3, 0.4) is 0 Å². The van der Waals surface area contributed by atoms with Gasteiger partial charge in [0.1, 0.15) is 6.61 Å². The third-order valence-electron chi connectivity index (χ3n) is 3.27. The fourth-order valence-corrected chi connectivity index (χ4v) is 2.24. The Labute approximate surface area is 116 Å². The third-order valence-corrected chi connectivity index (χ3v) is 3.27. The van der Waals surface area contributed by atoms with Gasteiger partial charge in [-0.3, -0.25) is 4.90 Å². The highest BCUT2D eigenvalue weighted by Crippen LogP contribution is 2.09. The molecule has 0 fully saturated rings. The molecule has 19 heavy (non-hydrogen) atoms. The van der Waals surface area contributed by atoms with Crippen molar-refractivity contribution in [3.63, 3.8) is 0 Å². The number of hydrogen-bond donors (Lipinski definition) is 0. The molecule has 0 atom stereocenters. The van der Waals surface area contributed by atoms with E-state index in [4.69, 9.17) is 4.74 Å². The van der Waals surface area contributed by atoms with Gasteiger partial charge < -0.3 is 4.74 Å². The van der Waals surface area contributed by atoms with Gasteiger partial charge in [-0.05, 0) is 46.2 Å². The Balaban J connectivity index is 2.49. The fourth-order valence-electron chi connectivity index (χ4n) is 2.24. The van der Waals surface area contributed by atoms with Gasteiger partial charge in [0.05, 0.1) is 5.56 Å². The first kappa shape index (κ1) is 15.7. The standard InChI is InChI=1S/C16H25NO2/c1-12(2)17(13(3)4)10-11-19-16(18)15-9-7-6-8-14(15)5/h6-9,12-13H,10-11H2,1-5H3. The molecule has 0 bridgehead atoms. The molecular weight excluding hydrogens is 238 g/mol. The fraction of sp³-hybridized carbons (Fsp3) is 0.562. The van der Waals surface area contributed by atoms with Gasteiger partial charge in [-0.15, -0.1) is 0 Å².